The maximum Gasteiger partial charge on any atom is 0.228 e. The lowest BCUT2D eigenvalue weighted by molar-refractivity contribution is -0.112. The van der Waals surface area contributed by atoms with E-state index in [1.54, 1.807) is 13.8 Å². The second kappa shape index (κ2) is 5.04. The minimum atomic E-state index is -3.85. The SMILES string of the molecule is CC1(C)CN(S(=O)(=O)CS(C)(=O)=O)CC(CN)O1. The Morgan fingerprint density at radius 2 is 1.89 bits per heavy atom. The van der Waals surface area contributed by atoms with Crippen LogP contribution in [0.2, 0.25) is 0 Å². The van der Waals surface area contributed by atoms with E-state index in [2.05, 4.69) is 0 Å². The quantitative estimate of drug-likeness (QED) is 0.695. The summed E-state index contributed by atoms with van der Waals surface area (Å²) in [5.74, 6) is 0. The molecule has 0 saturated carbocycles. The van der Waals surface area contributed by atoms with Gasteiger partial charge in [-0.3, -0.25) is 0 Å². The highest BCUT2D eigenvalue weighted by Crippen LogP contribution is 2.23. The fourth-order valence-corrected chi connectivity index (χ4v) is 5.58. The second-order valence-corrected chi connectivity index (χ2v) is 9.66. The first-order valence-electron chi connectivity index (χ1n) is 5.49. The molecule has 1 aliphatic heterocycles. The van der Waals surface area contributed by atoms with Crippen molar-refractivity contribution >= 4 is 19.9 Å². The van der Waals surface area contributed by atoms with Crippen LogP contribution in [0.1, 0.15) is 13.8 Å². The Kier molecular flexibility index (Phi) is 4.44. The van der Waals surface area contributed by atoms with Crippen molar-refractivity contribution in [3.63, 3.8) is 0 Å². The van der Waals surface area contributed by atoms with Gasteiger partial charge < -0.3 is 10.5 Å². The standard InChI is InChI=1S/C9H20N2O5S2/c1-9(2)6-11(5-8(4-10)16-9)18(14,15)7-17(3,12)13/h8H,4-7,10H2,1-3H3. The summed E-state index contributed by atoms with van der Waals surface area (Å²) < 4.78 is 53.0. The molecule has 108 valence electrons. The molecule has 1 atom stereocenters. The molecule has 0 bridgehead atoms. The van der Waals surface area contributed by atoms with Gasteiger partial charge in [0.05, 0.1) is 11.7 Å². The summed E-state index contributed by atoms with van der Waals surface area (Å²) in [6.07, 6.45) is 0.486. The Bertz CT molecular complexity index is 497. The van der Waals surface area contributed by atoms with Crippen LogP contribution in [0, 0.1) is 0 Å². The van der Waals surface area contributed by atoms with Gasteiger partial charge in [-0.2, -0.15) is 4.31 Å². The van der Waals surface area contributed by atoms with E-state index in [0.29, 0.717) is 0 Å². The predicted octanol–water partition coefficient (Wildman–Crippen LogP) is -1.24. The fraction of sp³-hybridized carbons (Fsp3) is 1.00. The molecule has 0 amide bonds. The molecule has 1 aliphatic rings. The van der Waals surface area contributed by atoms with E-state index in [1.807, 2.05) is 0 Å². The average Bonchev–Trinajstić information content (AvgIpc) is 2.11. The Balaban J connectivity index is 2.95. The molecule has 1 rings (SSSR count). The first-order valence-corrected chi connectivity index (χ1v) is 9.16. The minimum Gasteiger partial charge on any atom is -0.368 e. The molecule has 18 heavy (non-hydrogen) atoms. The zero-order valence-corrected chi connectivity index (χ0v) is 12.4. The van der Waals surface area contributed by atoms with E-state index in [-0.39, 0.29) is 19.6 Å². The van der Waals surface area contributed by atoms with E-state index in [4.69, 9.17) is 10.5 Å². The fourth-order valence-electron chi connectivity index (χ4n) is 1.92. The third kappa shape index (κ3) is 4.47. The van der Waals surface area contributed by atoms with Crippen LogP contribution in [0.4, 0.5) is 0 Å². The summed E-state index contributed by atoms with van der Waals surface area (Å²) in [7, 11) is -7.44. The molecule has 0 aromatic heterocycles. The Labute approximate surface area is 108 Å². The number of morpholine rings is 1. The highest BCUT2D eigenvalue weighted by atomic mass is 32.3. The third-order valence-corrected chi connectivity index (χ3v) is 6.44. The molecular formula is C9H20N2O5S2. The molecule has 9 heteroatoms. The minimum absolute atomic E-state index is 0.0950. The number of rotatable bonds is 4. The first kappa shape index (κ1) is 15.8. The van der Waals surface area contributed by atoms with Crippen LogP contribution in [0.3, 0.4) is 0 Å². The summed E-state index contributed by atoms with van der Waals surface area (Å²) in [5, 5.41) is -0.882. The number of ether oxygens (including phenoxy) is 1. The molecule has 2 N–H and O–H groups in total. The molecule has 0 spiro atoms. The molecule has 0 aromatic rings. The second-order valence-electron chi connectivity index (χ2n) is 5.18. The summed E-state index contributed by atoms with van der Waals surface area (Å²) in [5.41, 5.74) is 4.82. The molecule has 0 aliphatic carbocycles. The van der Waals surface area contributed by atoms with E-state index < -0.39 is 36.7 Å². The van der Waals surface area contributed by atoms with E-state index in [0.717, 1.165) is 10.6 Å². The third-order valence-electron chi connectivity index (χ3n) is 2.47. The van der Waals surface area contributed by atoms with Gasteiger partial charge in [0.1, 0.15) is 0 Å². The first-order chi connectivity index (χ1) is 7.95. The van der Waals surface area contributed by atoms with Crippen molar-refractivity contribution in [1.82, 2.24) is 4.31 Å². The van der Waals surface area contributed by atoms with Crippen molar-refractivity contribution in [2.24, 2.45) is 5.73 Å². The monoisotopic (exact) mass is 300 g/mol. The van der Waals surface area contributed by atoms with Crippen molar-refractivity contribution in [3.05, 3.63) is 0 Å². The molecule has 1 fully saturated rings. The zero-order valence-electron chi connectivity index (χ0n) is 10.8. The van der Waals surface area contributed by atoms with Gasteiger partial charge in [-0.1, -0.05) is 0 Å². The van der Waals surface area contributed by atoms with Gasteiger partial charge in [0, 0.05) is 25.9 Å². The molecule has 7 nitrogen and oxygen atoms in total. The van der Waals surface area contributed by atoms with Crippen molar-refractivity contribution in [1.29, 1.82) is 0 Å². The van der Waals surface area contributed by atoms with Crippen LogP contribution in [-0.2, 0) is 24.6 Å². The predicted molar refractivity (Wildman–Crippen MR) is 68.2 cm³/mol. The van der Waals surface area contributed by atoms with Crippen LogP contribution in [0.25, 0.3) is 0 Å². The zero-order chi connectivity index (χ0) is 14.2. The van der Waals surface area contributed by atoms with Crippen molar-refractivity contribution in [2.75, 3.05) is 31.0 Å². The van der Waals surface area contributed by atoms with Gasteiger partial charge in [-0.25, -0.2) is 16.8 Å². The number of hydrogen-bond donors (Lipinski definition) is 1. The van der Waals surface area contributed by atoms with Crippen LogP contribution in [0.15, 0.2) is 0 Å². The van der Waals surface area contributed by atoms with Crippen LogP contribution in [-0.4, -0.2) is 63.8 Å². The van der Waals surface area contributed by atoms with Crippen molar-refractivity contribution in [2.45, 2.75) is 25.6 Å². The lowest BCUT2D eigenvalue weighted by Crippen LogP contribution is -2.57. The maximum atomic E-state index is 12.0. The van der Waals surface area contributed by atoms with Crippen LogP contribution in [0.5, 0.6) is 0 Å². The smallest absolute Gasteiger partial charge is 0.228 e. The van der Waals surface area contributed by atoms with E-state index >= 15 is 0 Å². The molecular weight excluding hydrogens is 280 g/mol. The molecule has 0 radical (unpaired) electrons. The molecule has 1 saturated heterocycles. The molecule has 0 aromatic carbocycles. The van der Waals surface area contributed by atoms with E-state index in [1.165, 1.54) is 0 Å². The highest BCUT2D eigenvalue weighted by molar-refractivity contribution is 8.06. The van der Waals surface area contributed by atoms with Gasteiger partial charge >= 0.3 is 0 Å². The summed E-state index contributed by atoms with van der Waals surface area (Å²) in [6.45, 7) is 3.91. The number of nitrogens with zero attached hydrogens (tertiary/aromatic N) is 1. The largest absolute Gasteiger partial charge is 0.368 e. The normalized spacial score (nSPS) is 26.1. The van der Waals surface area contributed by atoms with Gasteiger partial charge in [0.25, 0.3) is 0 Å². The molecule has 1 heterocycles. The van der Waals surface area contributed by atoms with Crippen LogP contribution < -0.4 is 5.73 Å². The Hall–Kier alpha value is -0.220. The van der Waals surface area contributed by atoms with Gasteiger partial charge in [-0.15, -0.1) is 0 Å². The lowest BCUT2D eigenvalue weighted by Gasteiger charge is -2.41. The Morgan fingerprint density at radius 1 is 1.33 bits per heavy atom. The van der Waals surface area contributed by atoms with Crippen LogP contribution >= 0.6 is 0 Å². The lowest BCUT2D eigenvalue weighted by atomic mass is 10.1. The van der Waals surface area contributed by atoms with Crippen molar-refractivity contribution < 1.29 is 21.6 Å². The topological polar surface area (TPSA) is 107 Å². The number of sulfonamides is 1. The Morgan fingerprint density at radius 3 is 2.33 bits per heavy atom. The summed E-state index contributed by atoms with van der Waals surface area (Å²) in [4.78, 5) is 0. The molecule has 1 unspecified atom stereocenters. The number of sulfone groups is 1. The van der Waals surface area contributed by atoms with Gasteiger partial charge in [0.15, 0.2) is 14.9 Å². The van der Waals surface area contributed by atoms with Gasteiger partial charge in [-0.05, 0) is 13.8 Å². The van der Waals surface area contributed by atoms with Gasteiger partial charge in [0.2, 0.25) is 10.0 Å². The average molecular weight is 300 g/mol. The maximum absolute atomic E-state index is 12.0. The number of nitrogens with two attached hydrogens (primary N) is 1. The highest BCUT2D eigenvalue weighted by Gasteiger charge is 2.39. The summed E-state index contributed by atoms with van der Waals surface area (Å²) in [6, 6.07) is 0. The van der Waals surface area contributed by atoms with E-state index in [9.17, 15) is 16.8 Å². The number of hydrogen-bond acceptors (Lipinski definition) is 6. The summed E-state index contributed by atoms with van der Waals surface area (Å²) >= 11 is 0. The van der Waals surface area contributed by atoms with Crippen molar-refractivity contribution in [3.8, 4) is 0 Å².